The summed E-state index contributed by atoms with van der Waals surface area (Å²) in [7, 11) is 1.67. The van der Waals surface area contributed by atoms with Crippen molar-refractivity contribution in [2.24, 2.45) is 0 Å². The molecule has 31 heavy (non-hydrogen) atoms. The van der Waals surface area contributed by atoms with Crippen LogP contribution in [0.3, 0.4) is 0 Å². The second-order valence-corrected chi connectivity index (χ2v) is 8.83. The molecule has 2 aliphatic heterocycles. The van der Waals surface area contributed by atoms with Gasteiger partial charge in [-0.2, -0.15) is 9.78 Å². The first-order chi connectivity index (χ1) is 14.9. The predicted octanol–water partition coefficient (Wildman–Crippen LogP) is 3.09. The minimum absolute atomic E-state index is 0.0230. The molecule has 9 heteroatoms. The van der Waals surface area contributed by atoms with Gasteiger partial charge in [0, 0.05) is 17.6 Å². The number of aliphatic hydroxyl groups excluding tert-OH is 1. The van der Waals surface area contributed by atoms with E-state index in [0.717, 1.165) is 46.2 Å². The lowest BCUT2D eigenvalue weighted by molar-refractivity contribution is -0.0433. The normalized spacial score (nSPS) is 20.9. The number of fused-ring (bicyclic) bond motifs is 1. The molecule has 0 amide bonds. The summed E-state index contributed by atoms with van der Waals surface area (Å²) in [4.78, 5) is 14.8. The molecule has 168 valence electrons. The molecule has 2 atom stereocenters. The Balaban J connectivity index is 1.61. The Kier molecular flexibility index (Phi) is 6.55. The minimum Gasteiger partial charge on any atom is -0.496 e. The Hall–Kier alpha value is -2.10. The van der Waals surface area contributed by atoms with Crippen molar-refractivity contribution in [3.63, 3.8) is 0 Å². The summed E-state index contributed by atoms with van der Waals surface area (Å²) < 4.78 is 19.3. The van der Waals surface area contributed by atoms with E-state index in [4.69, 9.17) is 14.2 Å². The van der Waals surface area contributed by atoms with Gasteiger partial charge in [-0.15, -0.1) is 0 Å². The third-order valence-corrected chi connectivity index (χ3v) is 6.71. The highest BCUT2D eigenvalue weighted by atomic mass is 79.9. The molecule has 1 fully saturated rings. The molecular formula is C22H28BrN3O5. The van der Waals surface area contributed by atoms with Crippen LogP contribution in [0.1, 0.15) is 42.2 Å². The quantitative estimate of drug-likeness (QED) is 0.684. The zero-order chi connectivity index (χ0) is 22.1. The number of nitrogens with zero attached hydrogens (tertiary/aromatic N) is 3. The van der Waals surface area contributed by atoms with E-state index >= 15 is 0 Å². The number of halogens is 1. The van der Waals surface area contributed by atoms with Crippen molar-refractivity contribution >= 4 is 21.6 Å². The van der Waals surface area contributed by atoms with E-state index in [2.05, 4.69) is 21.0 Å². The third kappa shape index (κ3) is 4.18. The second-order valence-electron chi connectivity index (χ2n) is 7.98. The fourth-order valence-electron chi connectivity index (χ4n) is 4.39. The van der Waals surface area contributed by atoms with Gasteiger partial charge < -0.3 is 24.2 Å². The Morgan fingerprint density at radius 3 is 2.87 bits per heavy atom. The average Bonchev–Trinajstić information content (AvgIpc) is 2.75. The summed E-state index contributed by atoms with van der Waals surface area (Å²) in [6.07, 6.45) is 3.75. The maximum atomic E-state index is 13.0. The highest BCUT2D eigenvalue weighted by Gasteiger charge is 2.31. The van der Waals surface area contributed by atoms with Crippen LogP contribution >= 0.6 is 15.9 Å². The van der Waals surface area contributed by atoms with Crippen molar-refractivity contribution < 1.29 is 19.3 Å². The Labute approximate surface area is 189 Å². The summed E-state index contributed by atoms with van der Waals surface area (Å²) in [5, 5.41) is 14.9. The van der Waals surface area contributed by atoms with Crippen molar-refractivity contribution in [3.8, 4) is 11.5 Å². The van der Waals surface area contributed by atoms with Crippen molar-refractivity contribution in [2.45, 2.75) is 52.0 Å². The van der Waals surface area contributed by atoms with Crippen LogP contribution in [0.25, 0.3) is 0 Å². The van der Waals surface area contributed by atoms with Gasteiger partial charge in [0.1, 0.15) is 18.0 Å². The lowest BCUT2D eigenvalue weighted by atomic mass is 10.0. The molecule has 1 aromatic heterocycles. The number of aryl methyl sites for hydroxylation is 1. The first-order valence-corrected chi connectivity index (χ1v) is 11.3. The van der Waals surface area contributed by atoms with Crippen LogP contribution in [0.4, 0.5) is 5.69 Å². The molecule has 8 nitrogen and oxygen atoms in total. The monoisotopic (exact) mass is 493 g/mol. The van der Waals surface area contributed by atoms with Gasteiger partial charge in [-0.05, 0) is 62.3 Å². The van der Waals surface area contributed by atoms with Crippen LogP contribution in [0.2, 0.25) is 0 Å². The van der Waals surface area contributed by atoms with Gasteiger partial charge in [0.05, 0.1) is 13.3 Å². The second kappa shape index (κ2) is 9.18. The molecule has 1 saturated heterocycles. The van der Waals surface area contributed by atoms with E-state index in [0.29, 0.717) is 25.3 Å². The molecule has 4 rings (SSSR count). The maximum absolute atomic E-state index is 13.0. The van der Waals surface area contributed by atoms with Gasteiger partial charge in [-0.25, -0.2) is 0 Å². The molecule has 3 heterocycles. The third-order valence-electron chi connectivity index (χ3n) is 6.00. The molecule has 0 bridgehead atoms. The topological polar surface area (TPSA) is 86.0 Å². The van der Waals surface area contributed by atoms with E-state index < -0.39 is 6.23 Å². The highest BCUT2D eigenvalue weighted by molar-refractivity contribution is 9.10. The molecule has 1 aromatic carbocycles. The van der Waals surface area contributed by atoms with Gasteiger partial charge in [-0.3, -0.25) is 4.79 Å². The number of aliphatic hydroxyl groups is 1. The number of methoxy groups -OCH3 is 1. The lowest BCUT2D eigenvalue weighted by Crippen LogP contribution is -2.46. The van der Waals surface area contributed by atoms with E-state index in [-0.39, 0.29) is 24.1 Å². The summed E-state index contributed by atoms with van der Waals surface area (Å²) in [5.41, 5.74) is 3.39. The van der Waals surface area contributed by atoms with Crippen LogP contribution in [0.15, 0.2) is 21.5 Å². The van der Waals surface area contributed by atoms with Crippen LogP contribution in [-0.4, -0.2) is 48.0 Å². The van der Waals surface area contributed by atoms with Crippen molar-refractivity contribution in [1.82, 2.24) is 9.78 Å². The Morgan fingerprint density at radius 1 is 1.35 bits per heavy atom. The first kappa shape index (κ1) is 22.1. The van der Waals surface area contributed by atoms with E-state index in [1.165, 1.54) is 4.68 Å². The number of benzene rings is 1. The number of ether oxygens (including phenoxy) is 3. The van der Waals surface area contributed by atoms with Crippen LogP contribution in [0, 0.1) is 13.8 Å². The smallest absolute Gasteiger partial charge is 0.313 e. The number of anilines is 1. The number of aromatic nitrogens is 2. The van der Waals surface area contributed by atoms with Gasteiger partial charge in [0.25, 0.3) is 0 Å². The standard InChI is InChI=1S/C22H28BrN3O5/c1-13-10-16(23)15(14(2)20(13)29-3)7-8-25-17-11-24-26(19-6-4-5-9-30-19)22(28)21(17)31-12-18(25)27/h10-11,18-19,27H,4-9,12H2,1-3H3. The molecule has 2 unspecified atom stereocenters. The van der Waals surface area contributed by atoms with Gasteiger partial charge in [0.15, 0.2) is 12.5 Å². The highest BCUT2D eigenvalue weighted by Crippen LogP contribution is 2.34. The van der Waals surface area contributed by atoms with Crippen molar-refractivity contribution in [3.05, 3.63) is 43.8 Å². The minimum atomic E-state index is -0.859. The number of rotatable bonds is 5. The molecule has 2 aliphatic rings. The van der Waals surface area contributed by atoms with E-state index in [1.807, 2.05) is 19.9 Å². The van der Waals surface area contributed by atoms with Crippen molar-refractivity contribution in [2.75, 3.05) is 31.8 Å². The maximum Gasteiger partial charge on any atom is 0.313 e. The molecular weight excluding hydrogens is 466 g/mol. The van der Waals surface area contributed by atoms with Crippen LogP contribution < -0.4 is 19.9 Å². The summed E-state index contributed by atoms with van der Waals surface area (Å²) in [5.74, 6) is 1.07. The summed E-state index contributed by atoms with van der Waals surface area (Å²) >= 11 is 3.66. The zero-order valence-corrected chi connectivity index (χ0v) is 19.6. The lowest BCUT2D eigenvalue weighted by Gasteiger charge is -2.35. The number of hydrogen-bond donors (Lipinski definition) is 1. The molecule has 2 aromatic rings. The molecule has 1 N–H and O–H groups in total. The molecule has 0 aliphatic carbocycles. The predicted molar refractivity (Wildman–Crippen MR) is 120 cm³/mol. The van der Waals surface area contributed by atoms with E-state index in [1.54, 1.807) is 18.2 Å². The first-order valence-electron chi connectivity index (χ1n) is 10.6. The van der Waals surface area contributed by atoms with Gasteiger partial charge in [-0.1, -0.05) is 15.9 Å². The molecule has 0 spiro atoms. The molecule has 0 radical (unpaired) electrons. The van der Waals surface area contributed by atoms with Gasteiger partial charge in [0.2, 0.25) is 5.75 Å². The van der Waals surface area contributed by atoms with Crippen LogP contribution in [0.5, 0.6) is 11.5 Å². The zero-order valence-electron chi connectivity index (χ0n) is 18.1. The SMILES string of the molecule is COc1c(C)cc(Br)c(CCN2c3cnn(C4CCCCO4)c(=O)c3OCC2O)c1C. The molecule has 0 saturated carbocycles. The largest absolute Gasteiger partial charge is 0.496 e. The summed E-state index contributed by atoms with van der Waals surface area (Å²) in [6, 6.07) is 2.04. The van der Waals surface area contributed by atoms with Crippen molar-refractivity contribution in [1.29, 1.82) is 0 Å². The average molecular weight is 494 g/mol. The van der Waals surface area contributed by atoms with Crippen LogP contribution in [-0.2, 0) is 11.2 Å². The summed E-state index contributed by atoms with van der Waals surface area (Å²) in [6.45, 7) is 5.17. The number of hydrogen-bond acceptors (Lipinski definition) is 7. The fraction of sp³-hybridized carbons (Fsp3) is 0.545. The Morgan fingerprint density at radius 2 is 2.16 bits per heavy atom. The fourth-order valence-corrected chi connectivity index (χ4v) is 5.23. The van der Waals surface area contributed by atoms with E-state index in [9.17, 15) is 9.90 Å². The Bertz CT molecular complexity index is 1020. The van der Waals surface area contributed by atoms with Gasteiger partial charge >= 0.3 is 5.56 Å².